The summed E-state index contributed by atoms with van der Waals surface area (Å²) in [5.74, 6) is -2.14. The number of halogens is 2. The maximum atomic E-state index is 13.5. The fourth-order valence-electron chi connectivity index (χ4n) is 2.40. The third-order valence-corrected chi connectivity index (χ3v) is 3.57. The highest BCUT2D eigenvalue weighted by atomic mass is 19.1. The molecule has 1 N–H and O–H groups in total. The van der Waals surface area contributed by atoms with Gasteiger partial charge < -0.3 is 9.72 Å². The number of hydrogen-bond acceptors (Lipinski definition) is 2. The van der Waals surface area contributed by atoms with E-state index in [0.717, 1.165) is 29.0 Å². The molecule has 23 heavy (non-hydrogen) atoms. The molecule has 0 saturated heterocycles. The van der Waals surface area contributed by atoms with E-state index < -0.39 is 17.5 Å². The second-order valence-electron chi connectivity index (χ2n) is 5.31. The van der Waals surface area contributed by atoms with Gasteiger partial charge in [0.25, 0.3) is 5.91 Å². The van der Waals surface area contributed by atoms with Gasteiger partial charge in [-0.25, -0.2) is 13.8 Å². The van der Waals surface area contributed by atoms with Gasteiger partial charge in [-0.3, -0.25) is 4.79 Å². The van der Waals surface area contributed by atoms with Crippen LogP contribution in [0.25, 0.3) is 5.65 Å². The van der Waals surface area contributed by atoms with Crippen molar-refractivity contribution in [3.8, 4) is 0 Å². The minimum Gasteiger partial charge on any atom is -0.352 e. The first kappa shape index (κ1) is 15.1. The highest BCUT2D eigenvalue weighted by Crippen LogP contribution is 2.11. The van der Waals surface area contributed by atoms with E-state index in [1.54, 1.807) is 6.20 Å². The van der Waals surface area contributed by atoms with Crippen LogP contribution in [0.3, 0.4) is 0 Å². The summed E-state index contributed by atoms with van der Waals surface area (Å²) >= 11 is 0. The summed E-state index contributed by atoms with van der Waals surface area (Å²) in [5, 5.41) is 2.63. The standard InChI is InChI=1S/C17H15F2N3O/c1-11-2-5-16-21-9-13(22(16)10-11)6-7-20-17(23)14-4-3-12(18)8-15(14)19/h2-5,8-10H,6-7H2,1H3,(H,20,23). The van der Waals surface area contributed by atoms with Crippen molar-refractivity contribution in [1.29, 1.82) is 0 Å². The van der Waals surface area contributed by atoms with Crippen LogP contribution in [-0.4, -0.2) is 21.8 Å². The molecule has 1 amide bonds. The summed E-state index contributed by atoms with van der Waals surface area (Å²) in [4.78, 5) is 16.2. The molecular formula is C17H15F2N3O. The number of carbonyl (C=O) groups excluding carboxylic acids is 1. The van der Waals surface area contributed by atoms with Crippen molar-refractivity contribution in [3.05, 3.63) is 71.2 Å². The van der Waals surface area contributed by atoms with Crippen LogP contribution < -0.4 is 5.32 Å². The van der Waals surface area contributed by atoms with Crippen LogP contribution in [0.5, 0.6) is 0 Å². The first-order chi connectivity index (χ1) is 11.0. The van der Waals surface area contributed by atoms with Crippen LogP contribution in [0.1, 0.15) is 21.6 Å². The fraction of sp³-hybridized carbons (Fsp3) is 0.176. The summed E-state index contributed by atoms with van der Waals surface area (Å²) in [5.41, 5.74) is 2.72. The zero-order valence-electron chi connectivity index (χ0n) is 12.5. The Morgan fingerprint density at radius 2 is 2.09 bits per heavy atom. The lowest BCUT2D eigenvalue weighted by Crippen LogP contribution is -2.26. The molecule has 0 bridgehead atoms. The summed E-state index contributed by atoms with van der Waals surface area (Å²) in [7, 11) is 0. The number of benzene rings is 1. The molecule has 0 saturated carbocycles. The molecule has 0 unspecified atom stereocenters. The maximum absolute atomic E-state index is 13.5. The zero-order valence-corrected chi connectivity index (χ0v) is 12.5. The molecule has 118 valence electrons. The molecule has 0 radical (unpaired) electrons. The van der Waals surface area contributed by atoms with Gasteiger partial charge in [-0.2, -0.15) is 0 Å². The van der Waals surface area contributed by atoms with E-state index in [1.807, 2.05) is 29.7 Å². The quantitative estimate of drug-likeness (QED) is 0.805. The summed E-state index contributed by atoms with van der Waals surface area (Å²) in [6.07, 6.45) is 4.28. The lowest BCUT2D eigenvalue weighted by atomic mass is 10.2. The van der Waals surface area contributed by atoms with Gasteiger partial charge in [-0.1, -0.05) is 6.07 Å². The van der Waals surface area contributed by atoms with E-state index >= 15 is 0 Å². The molecule has 0 fully saturated rings. The number of amides is 1. The van der Waals surface area contributed by atoms with Crippen molar-refractivity contribution in [2.45, 2.75) is 13.3 Å². The van der Waals surface area contributed by atoms with Gasteiger partial charge in [-0.05, 0) is 30.7 Å². The average Bonchev–Trinajstić information content (AvgIpc) is 2.89. The Kier molecular flexibility index (Phi) is 4.06. The van der Waals surface area contributed by atoms with Crippen molar-refractivity contribution in [2.24, 2.45) is 0 Å². The monoisotopic (exact) mass is 315 g/mol. The number of hydrogen-bond donors (Lipinski definition) is 1. The van der Waals surface area contributed by atoms with Gasteiger partial charge >= 0.3 is 0 Å². The number of aromatic nitrogens is 2. The number of nitrogens with one attached hydrogen (secondary N) is 1. The molecular weight excluding hydrogens is 300 g/mol. The zero-order chi connectivity index (χ0) is 16.4. The number of fused-ring (bicyclic) bond motifs is 1. The normalized spacial score (nSPS) is 10.9. The largest absolute Gasteiger partial charge is 0.352 e. The Bertz CT molecular complexity index is 873. The first-order valence-corrected chi connectivity index (χ1v) is 7.20. The van der Waals surface area contributed by atoms with Gasteiger partial charge in [0.2, 0.25) is 0 Å². The van der Waals surface area contributed by atoms with Crippen LogP contribution in [0.15, 0.2) is 42.7 Å². The second kappa shape index (κ2) is 6.16. The maximum Gasteiger partial charge on any atom is 0.254 e. The van der Waals surface area contributed by atoms with Crippen molar-refractivity contribution in [1.82, 2.24) is 14.7 Å². The SMILES string of the molecule is Cc1ccc2ncc(CCNC(=O)c3ccc(F)cc3F)n2c1. The topological polar surface area (TPSA) is 46.4 Å². The van der Waals surface area contributed by atoms with Gasteiger partial charge in [0.1, 0.15) is 17.3 Å². The van der Waals surface area contributed by atoms with E-state index in [0.29, 0.717) is 19.0 Å². The lowest BCUT2D eigenvalue weighted by Gasteiger charge is -2.07. The average molecular weight is 315 g/mol. The molecule has 3 rings (SSSR count). The summed E-state index contributed by atoms with van der Waals surface area (Å²) < 4.78 is 28.3. The van der Waals surface area contributed by atoms with Crippen molar-refractivity contribution in [3.63, 3.8) is 0 Å². The third kappa shape index (κ3) is 3.21. The molecule has 0 aliphatic carbocycles. The Hall–Kier alpha value is -2.76. The van der Waals surface area contributed by atoms with E-state index in [2.05, 4.69) is 10.3 Å². The molecule has 4 nitrogen and oxygen atoms in total. The van der Waals surface area contributed by atoms with Crippen LogP contribution >= 0.6 is 0 Å². The van der Waals surface area contributed by atoms with Crippen molar-refractivity contribution >= 4 is 11.6 Å². The summed E-state index contributed by atoms with van der Waals surface area (Å²) in [6, 6.07) is 6.79. The predicted molar refractivity (Wildman–Crippen MR) is 82.3 cm³/mol. The number of aryl methyl sites for hydroxylation is 1. The van der Waals surface area contributed by atoms with E-state index in [-0.39, 0.29) is 5.56 Å². The number of pyridine rings is 1. The van der Waals surface area contributed by atoms with Gasteiger partial charge in [0.15, 0.2) is 0 Å². The van der Waals surface area contributed by atoms with Crippen LogP contribution in [-0.2, 0) is 6.42 Å². The highest BCUT2D eigenvalue weighted by Gasteiger charge is 2.12. The van der Waals surface area contributed by atoms with Crippen LogP contribution in [0, 0.1) is 18.6 Å². The van der Waals surface area contributed by atoms with Gasteiger partial charge in [-0.15, -0.1) is 0 Å². The van der Waals surface area contributed by atoms with Crippen LogP contribution in [0.2, 0.25) is 0 Å². The highest BCUT2D eigenvalue weighted by molar-refractivity contribution is 5.94. The second-order valence-corrected chi connectivity index (χ2v) is 5.31. The van der Waals surface area contributed by atoms with Gasteiger partial charge in [0, 0.05) is 37.1 Å². The Balaban J connectivity index is 1.66. The molecule has 1 aromatic carbocycles. The number of rotatable bonds is 4. The van der Waals surface area contributed by atoms with Crippen molar-refractivity contribution in [2.75, 3.05) is 6.54 Å². The predicted octanol–water partition coefficient (Wildman–Crippen LogP) is 2.89. The minimum absolute atomic E-state index is 0.166. The number of nitrogens with zero attached hydrogens (tertiary/aromatic N) is 2. The van der Waals surface area contributed by atoms with E-state index in [9.17, 15) is 13.6 Å². The molecule has 0 atom stereocenters. The van der Waals surface area contributed by atoms with Gasteiger partial charge in [0.05, 0.1) is 5.56 Å². The minimum atomic E-state index is -0.868. The molecule has 0 spiro atoms. The summed E-state index contributed by atoms with van der Waals surface area (Å²) in [6.45, 7) is 2.32. The van der Waals surface area contributed by atoms with Crippen molar-refractivity contribution < 1.29 is 13.6 Å². The molecule has 0 aliphatic rings. The smallest absolute Gasteiger partial charge is 0.254 e. The Morgan fingerprint density at radius 3 is 2.87 bits per heavy atom. The first-order valence-electron chi connectivity index (χ1n) is 7.20. The third-order valence-electron chi connectivity index (χ3n) is 3.57. The van der Waals surface area contributed by atoms with Crippen LogP contribution in [0.4, 0.5) is 8.78 Å². The molecule has 0 aliphatic heterocycles. The Labute approximate surface area is 131 Å². The van der Waals surface area contributed by atoms with E-state index in [1.165, 1.54) is 0 Å². The van der Waals surface area contributed by atoms with E-state index in [4.69, 9.17) is 0 Å². The lowest BCUT2D eigenvalue weighted by molar-refractivity contribution is 0.0950. The molecule has 2 aromatic heterocycles. The number of carbonyl (C=O) groups is 1. The molecule has 2 heterocycles. The fourth-order valence-corrected chi connectivity index (χ4v) is 2.40. The number of imidazole rings is 1. The molecule has 3 aromatic rings. The molecule has 6 heteroatoms. The Morgan fingerprint density at radius 1 is 1.26 bits per heavy atom.